The summed E-state index contributed by atoms with van der Waals surface area (Å²) >= 11 is 0. The van der Waals surface area contributed by atoms with Crippen LogP contribution in [0.15, 0.2) is 72.8 Å². The van der Waals surface area contributed by atoms with E-state index in [-0.39, 0.29) is 24.7 Å². The SMILES string of the molecule is [C-]#[N+]c1ccccc1-c1cc(C(=O)OCC(N)(CO)Cc2ccccc2)cc(C(=O)N(CCC)CCC)c1. The van der Waals surface area contributed by atoms with Crippen LogP contribution in [0.25, 0.3) is 16.0 Å². The third-order valence-electron chi connectivity index (χ3n) is 6.23. The summed E-state index contributed by atoms with van der Waals surface area (Å²) in [6.45, 7) is 12.2. The van der Waals surface area contributed by atoms with Crippen molar-refractivity contribution in [3.63, 3.8) is 0 Å². The smallest absolute Gasteiger partial charge is 0.338 e. The number of carbonyl (C=O) groups excluding carboxylic acids is 2. The molecular formula is C31H35N3O4. The third kappa shape index (κ3) is 7.28. The molecule has 0 radical (unpaired) electrons. The minimum atomic E-state index is -1.16. The number of ether oxygens (including phenoxy) is 1. The van der Waals surface area contributed by atoms with Crippen LogP contribution in [0.1, 0.15) is 53.0 Å². The summed E-state index contributed by atoms with van der Waals surface area (Å²) in [5, 5.41) is 9.96. The largest absolute Gasteiger partial charge is 0.460 e. The monoisotopic (exact) mass is 513 g/mol. The number of benzene rings is 3. The maximum absolute atomic E-state index is 13.5. The number of nitrogens with two attached hydrogens (primary N) is 1. The second-order valence-corrected chi connectivity index (χ2v) is 9.48. The molecule has 3 aromatic rings. The van der Waals surface area contributed by atoms with Crippen molar-refractivity contribution in [1.29, 1.82) is 0 Å². The molecule has 0 fully saturated rings. The molecule has 0 spiro atoms. The summed E-state index contributed by atoms with van der Waals surface area (Å²) in [6.07, 6.45) is 1.94. The predicted molar refractivity (Wildman–Crippen MR) is 149 cm³/mol. The molecule has 0 aliphatic heterocycles. The molecule has 1 amide bonds. The fourth-order valence-electron chi connectivity index (χ4n) is 4.32. The minimum absolute atomic E-state index is 0.179. The van der Waals surface area contributed by atoms with Gasteiger partial charge in [-0.25, -0.2) is 9.64 Å². The van der Waals surface area contributed by atoms with Gasteiger partial charge < -0.3 is 20.5 Å². The van der Waals surface area contributed by atoms with Crippen molar-refractivity contribution in [2.45, 2.75) is 38.6 Å². The molecule has 38 heavy (non-hydrogen) atoms. The fraction of sp³-hybridized carbons (Fsp3) is 0.323. The van der Waals surface area contributed by atoms with E-state index in [2.05, 4.69) is 4.85 Å². The molecule has 3 N–H and O–H groups in total. The first-order valence-corrected chi connectivity index (χ1v) is 12.9. The van der Waals surface area contributed by atoms with E-state index in [1.807, 2.05) is 50.2 Å². The van der Waals surface area contributed by atoms with E-state index in [0.29, 0.717) is 41.9 Å². The Bertz CT molecular complexity index is 1280. The molecule has 198 valence electrons. The number of hydrogen-bond donors (Lipinski definition) is 2. The number of nitrogens with zero attached hydrogens (tertiary/aromatic N) is 2. The Kier molecular flexibility index (Phi) is 10.2. The molecule has 0 aliphatic carbocycles. The van der Waals surface area contributed by atoms with Crippen molar-refractivity contribution in [2.24, 2.45) is 5.73 Å². The van der Waals surface area contributed by atoms with E-state index in [1.165, 1.54) is 6.07 Å². The molecule has 1 unspecified atom stereocenters. The molecule has 0 bridgehead atoms. The molecule has 3 aromatic carbocycles. The topological polar surface area (TPSA) is 97.2 Å². The van der Waals surface area contributed by atoms with Crippen LogP contribution in [0, 0.1) is 6.57 Å². The molecule has 1 atom stereocenters. The van der Waals surface area contributed by atoms with Gasteiger partial charge in [-0.15, -0.1) is 0 Å². The normalized spacial score (nSPS) is 12.3. The molecule has 0 heterocycles. The van der Waals surface area contributed by atoms with E-state index in [4.69, 9.17) is 17.0 Å². The predicted octanol–water partition coefficient (Wildman–Crippen LogP) is 5.26. The zero-order valence-corrected chi connectivity index (χ0v) is 22.0. The average molecular weight is 514 g/mol. The number of rotatable bonds is 12. The summed E-state index contributed by atoms with van der Waals surface area (Å²) in [4.78, 5) is 32.1. The van der Waals surface area contributed by atoms with Gasteiger partial charge >= 0.3 is 5.97 Å². The van der Waals surface area contributed by atoms with Crippen molar-refractivity contribution in [1.82, 2.24) is 4.90 Å². The van der Waals surface area contributed by atoms with Gasteiger partial charge in [-0.05, 0) is 54.2 Å². The lowest BCUT2D eigenvalue weighted by Gasteiger charge is -2.27. The highest BCUT2D eigenvalue weighted by molar-refractivity contribution is 6.00. The lowest BCUT2D eigenvalue weighted by atomic mass is 9.93. The number of amides is 1. The van der Waals surface area contributed by atoms with Crippen LogP contribution < -0.4 is 5.73 Å². The van der Waals surface area contributed by atoms with E-state index in [0.717, 1.165) is 18.4 Å². The summed E-state index contributed by atoms with van der Waals surface area (Å²) in [6, 6.07) is 21.4. The van der Waals surface area contributed by atoms with Gasteiger partial charge in [0.2, 0.25) is 0 Å². The molecule has 3 rings (SSSR count). The summed E-state index contributed by atoms with van der Waals surface area (Å²) in [5.41, 5.74) is 8.27. The molecular weight excluding hydrogens is 478 g/mol. The first-order chi connectivity index (χ1) is 18.3. The molecule has 0 aromatic heterocycles. The van der Waals surface area contributed by atoms with Gasteiger partial charge in [-0.1, -0.05) is 68.4 Å². The molecule has 0 aliphatic rings. The highest BCUT2D eigenvalue weighted by Crippen LogP contribution is 2.32. The van der Waals surface area contributed by atoms with Crippen molar-refractivity contribution in [2.75, 3.05) is 26.3 Å². The number of esters is 1. The average Bonchev–Trinajstić information content (AvgIpc) is 2.95. The highest BCUT2D eigenvalue weighted by Gasteiger charge is 2.28. The van der Waals surface area contributed by atoms with E-state index in [9.17, 15) is 14.7 Å². The van der Waals surface area contributed by atoms with E-state index in [1.54, 1.807) is 35.2 Å². The van der Waals surface area contributed by atoms with Gasteiger partial charge in [0.05, 0.1) is 24.3 Å². The van der Waals surface area contributed by atoms with Crippen LogP contribution in [-0.2, 0) is 11.2 Å². The van der Waals surface area contributed by atoms with Crippen molar-refractivity contribution < 1.29 is 19.4 Å². The standard InChI is InChI=1S/C31H35N3O4/c1-4-15-34(16-5-2)29(36)25-17-24(27-13-9-10-14-28(27)33-3)18-26(19-25)30(37)38-22-31(32,21-35)20-23-11-7-6-8-12-23/h6-14,17-19,35H,4-5,15-16,20-22,32H2,1-2H3. The minimum Gasteiger partial charge on any atom is -0.460 e. The zero-order chi connectivity index (χ0) is 27.5. The Morgan fingerprint density at radius 2 is 1.61 bits per heavy atom. The van der Waals surface area contributed by atoms with Crippen LogP contribution in [0.3, 0.4) is 0 Å². The van der Waals surface area contributed by atoms with Crippen molar-refractivity contribution >= 4 is 17.6 Å². The fourth-order valence-corrected chi connectivity index (χ4v) is 4.32. The number of carbonyl (C=O) groups is 2. The van der Waals surface area contributed by atoms with Crippen LogP contribution in [-0.4, -0.2) is 53.7 Å². The molecule has 7 heteroatoms. The lowest BCUT2D eigenvalue weighted by Crippen LogP contribution is -2.50. The summed E-state index contributed by atoms with van der Waals surface area (Å²) in [5.74, 6) is -0.840. The Labute approximate surface area is 224 Å². The Balaban J connectivity index is 1.95. The van der Waals surface area contributed by atoms with Crippen molar-refractivity contribution in [3.05, 3.63) is 101 Å². The van der Waals surface area contributed by atoms with Crippen LogP contribution in [0.2, 0.25) is 0 Å². The van der Waals surface area contributed by atoms with E-state index >= 15 is 0 Å². The lowest BCUT2D eigenvalue weighted by molar-refractivity contribution is 0.0331. The van der Waals surface area contributed by atoms with E-state index < -0.39 is 11.5 Å². The second kappa shape index (κ2) is 13.5. The number of para-hydroxylation sites is 1. The van der Waals surface area contributed by atoms with Crippen LogP contribution in [0.5, 0.6) is 0 Å². The third-order valence-corrected chi connectivity index (χ3v) is 6.23. The van der Waals surface area contributed by atoms with Gasteiger partial charge in [-0.2, -0.15) is 0 Å². The highest BCUT2D eigenvalue weighted by atomic mass is 16.5. The van der Waals surface area contributed by atoms with Gasteiger partial charge in [0.15, 0.2) is 5.69 Å². The zero-order valence-electron chi connectivity index (χ0n) is 22.0. The Morgan fingerprint density at radius 1 is 0.974 bits per heavy atom. The van der Waals surface area contributed by atoms with Gasteiger partial charge in [0, 0.05) is 18.7 Å². The van der Waals surface area contributed by atoms with Gasteiger partial charge in [0.1, 0.15) is 6.61 Å². The van der Waals surface area contributed by atoms with Crippen molar-refractivity contribution in [3.8, 4) is 11.1 Å². The maximum Gasteiger partial charge on any atom is 0.338 e. The van der Waals surface area contributed by atoms with Gasteiger partial charge in [0.25, 0.3) is 5.91 Å². The van der Waals surface area contributed by atoms with Crippen LogP contribution in [0.4, 0.5) is 5.69 Å². The Morgan fingerprint density at radius 3 is 2.24 bits per heavy atom. The first-order valence-electron chi connectivity index (χ1n) is 12.9. The first kappa shape index (κ1) is 28.6. The number of aliphatic hydroxyl groups excluding tert-OH is 1. The van der Waals surface area contributed by atoms with Gasteiger partial charge in [-0.3, -0.25) is 4.79 Å². The Hall–Kier alpha value is -3.99. The number of hydrogen-bond acceptors (Lipinski definition) is 5. The molecule has 0 saturated carbocycles. The summed E-state index contributed by atoms with van der Waals surface area (Å²) in [7, 11) is 0. The molecule has 7 nitrogen and oxygen atoms in total. The summed E-state index contributed by atoms with van der Waals surface area (Å²) < 4.78 is 5.58. The second-order valence-electron chi connectivity index (χ2n) is 9.48. The van der Waals surface area contributed by atoms with Crippen LogP contribution >= 0.6 is 0 Å². The quantitative estimate of drug-likeness (QED) is 0.254. The molecule has 0 saturated heterocycles. The number of aliphatic hydroxyl groups is 1. The maximum atomic E-state index is 13.5.